The summed E-state index contributed by atoms with van der Waals surface area (Å²) in [5, 5.41) is 17.1. The van der Waals surface area contributed by atoms with Gasteiger partial charge in [0.1, 0.15) is 16.7 Å². The summed E-state index contributed by atoms with van der Waals surface area (Å²) < 4.78 is 0.743. The van der Waals surface area contributed by atoms with E-state index in [1.807, 2.05) is 0 Å². The van der Waals surface area contributed by atoms with Gasteiger partial charge in [-0.2, -0.15) is 5.10 Å². The average molecular weight is 383 g/mol. The molecule has 1 fully saturated rings. The van der Waals surface area contributed by atoms with Gasteiger partial charge in [-0.25, -0.2) is 14.8 Å². The van der Waals surface area contributed by atoms with Crippen molar-refractivity contribution >= 4 is 38.9 Å². The van der Waals surface area contributed by atoms with Crippen LogP contribution in [0.15, 0.2) is 10.9 Å². The lowest BCUT2D eigenvalue weighted by Gasteiger charge is -2.42. The molecule has 2 aromatic heterocycles. The van der Waals surface area contributed by atoms with Crippen molar-refractivity contribution in [2.45, 2.75) is 26.3 Å². The molecule has 2 N–H and O–H groups in total. The zero-order valence-corrected chi connectivity index (χ0v) is 14.6. The molecular weight excluding hydrogens is 364 g/mol. The van der Waals surface area contributed by atoms with Gasteiger partial charge in [-0.3, -0.25) is 5.10 Å². The van der Waals surface area contributed by atoms with E-state index in [4.69, 9.17) is 0 Å². The molecule has 1 aliphatic heterocycles. The van der Waals surface area contributed by atoms with Crippen LogP contribution in [0.3, 0.4) is 0 Å². The molecule has 0 saturated carbocycles. The van der Waals surface area contributed by atoms with E-state index in [9.17, 15) is 9.90 Å². The molecule has 23 heavy (non-hydrogen) atoms. The predicted octanol–water partition coefficient (Wildman–Crippen LogP) is 2.33. The van der Waals surface area contributed by atoms with E-state index in [1.165, 1.54) is 11.2 Å². The van der Waals surface area contributed by atoms with E-state index < -0.39 is 6.09 Å². The van der Waals surface area contributed by atoms with E-state index in [0.29, 0.717) is 31.2 Å². The van der Waals surface area contributed by atoms with Crippen molar-refractivity contribution in [2.24, 2.45) is 5.92 Å². The van der Waals surface area contributed by atoms with Gasteiger partial charge in [0.15, 0.2) is 5.65 Å². The van der Waals surface area contributed by atoms with E-state index in [1.54, 1.807) is 0 Å². The van der Waals surface area contributed by atoms with Crippen molar-refractivity contribution in [1.82, 2.24) is 25.1 Å². The Morgan fingerprint density at radius 1 is 1.48 bits per heavy atom. The fourth-order valence-electron chi connectivity index (χ4n) is 3.08. The SMILES string of the molecule is CC(C)CC1CN(C(=O)O)CCN1c1ncnc2n[nH]c(Br)c12. The van der Waals surface area contributed by atoms with Gasteiger partial charge in [0.2, 0.25) is 0 Å². The molecular formula is C14H19BrN6O2. The molecule has 0 spiro atoms. The second-order valence-corrected chi connectivity index (χ2v) is 6.93. The standard InChI is InChI=1S/C14H19BrN6O2/c1-8(2)5-9-6-20(14(22)23)3-4-21(9)13-10-11(15)18-19-12(10)16-7-17-13/h7-9H,3-6H2,1-2H3,(H,22,23)(H,16,17,18,19). The average Bonchev–Trinajstić information content (AvgIpc) is 2.88. The Bertz CT molecular complexity index is 718. The molecule has 124 valence electrons. The van der Waals surface area contributed by atoms with E-state index >= 15 is 0 Å². The number of fused-ring (bicyclic) bond motifs is 1. The number of amides is 1. The van der Waals surface area contributed by atoms with E-state index in [-0.39, 0.29) is 6.04 Å². The normalized spacial score (nSPS) is 18.9. The molecule has 1 aliphatic rings. The molecule has 2 aromatic rings. The largest absolute Gasteiger partial charge is 0.465 e. The van der Waals surface area contributed by atoms with Gasteiger partial charge in [-0.15, -0.1) is 0 Å². The van der Waals surface area contributed by atoms with E-state index in [2.05, 4.69) is 54.8 Å². The zero-order chi connectivity index (χ0) is 16.6. The Morgan fingerprint density at radius 2 is 2.26 bits per heavy atom. The first-order valence-electron chi connectivity index (χ1n) is 7.56. The number of nitrogens with zero attached hydrogens (tertiary/aromatic N) is 5. The zero-order valence-electron chi connectivity index (χ0n) is 13.0. The number of aromatic amines is 1. The highest BCUT2D eigenvalue weighted by Crippen LogP contribution is 2.31. The molecule has 0 aliphatic carbocycles. The second-order valence-electron chi connectivity index (χ2n) is 6.14. The van der Waals surface area contributed by atoms with Crippen molar-refractivity contribution in [1.29, 1.82) is 0 Å². The highest BCUT2D eigenvalue weighted by molar-refractivity contribution is 9.10. The summed E-state index contributed by atoms with van der Waals surface area (Å²) in [6, 6.07) is 0.0831. The van der Waals surface area contributed by atoms with Crippen LogP contribution in [0.4, 0.5) is 10.6 Å². The molecule has 1 unspecified atom stereocenters. The minimum absolute atomic E-state index is 0.0831. The number of rotatable bonds is 3. The maximum Gasteiger partial charge on any atom is 0.407 e. The summed E-state index contributed by atoms with van der Waals surface area (Å²) in [6.07, 6.45) is 1.53. The third-order valence-corrected chi connectivity index (χ3v) is 4.63. The smallest absolute Gasteiger partial charge is 0.407 e. The number of piperazine rings is 1. The Morgan fingerprint density at radius 3 is 2.96 bits per heavy atom. The predicted molar refractivity (Wildman–Crippen MR) is 89.6 cm³/mol. The third-order valence-electron chi connectivity index (χ3n) is 4.06. The summed E-state index contributed by atoms with van der Waals surface area (Å²) in [4.78, 5) is 23.6. The Balaban J connectivity index is 1.98. The highest BCUT2D eigenvalue weighted by Gasteiger charge is 2.32. The van der Waals surface area contributed by atoms with Gasteiger partial charge in [-0.05, 0) is 28.3 Å². The lowest BCUT2D eigenvalue weighted by Crippen LogP contribution is -2.55. The van der Waals surface area contributed by atoms with Crippen molar-refractivity contribution in [2.75, 3.05) is 24.5 Å². The number of H-pyrrole nitrogens is 1. The molecule has 0 bridgehead atoms. The van der Waals surface area contributed by atoms with E-state index in [0.717, 1.165) is 22.2 Å². The lowest BCUT2D eigenvalue weighted by molar-refractivity contribution is 0.132. The number of hydrogen-bond acceptors (Lipinski definition) is 5. The van der Waals surface area contributed by atoms with Crippen LogP contribution in [0.2, 0.25) is 0 Å². The summed E-state index contributed by atoms with van der Waals surface area (Å²) >= 11 is 3.46. The van der Waals surface area contributed by atoms with Crippen LogP contribution in [0.5, 0.6) is 0 Å². The molecule has 0 aromatic carbocycles. The number of hydrogen-bond donors (Lipinski definition) is 2. The van der Waals surface area contributed by atoms with Crippen LogP contribution in [-0.2, 0) is 0 Å². The van der Waals surface area contributed by atoms with Crippen LogP contribution < -0.4 is 4.90 Å². The molecule has 0 radical (unpaired) electrons. The topological polar surface area (TPSA) is 98.2 Å². The number of aromatic nitrogens is 4. The van der Waals surface area contributed by atoms with Crippen molar-refractivity contribution in [3.63, 3.8) is 0 Å². The fourth-order valence-corrected chi connectivity index (χ4v) is 3.52. The molecule has 1 atom stereocenters. The highest BCUT2D eigenvalue weighted by atomic mass is 79.9. The Labute approximate surface area is 142 Å². The van der Waals surface area contributed by atoms with Crippen molar-refractivity contribution in [3.05, 3.63) is 10.9 Å². The molecule has 3 rings (SSSR count). The number of nitrogens with one attached hydrogen (secondary N) is 1. The minimum atomic E-state index is -0.865. The third kappa shape index (κ3) is 3.10. The minimum Gasteiger partial charge on any atom is -0.465 e. The van der Waals surface area contributed by atoms with Crippen molar-refractivity contribution < 1.29 is 9.90 Å². The van der Waals surface area contributed by atoms with Gasteiger partial charge in [0, 0.05) is 25.7 Å². The van der Waals surface area contributed by atoms with Crippen LogP contribution in [-0.4, -0.2) is 61.9 Å². The maximum atomic E-state index is 11.3. The van der Waals surface area contributed by atoms with Crippen LogP contribution >= 0.6 is 15.9 Å². The van der Waals surface area contributed by atoms with Gasteiger partial charge in [0.25, 0.3) is 0 Å². The number of anilines is 1. The van der Waals surface area contributed by atoms with Gasteiger partial charge < -0.3 is 14.9 Å². The number of carbonyl (C=O) groups is 1. The maximum absolute atomic E-state index is 11.3. The van der Waals surface area contributed by atoms with Crippen LogP contribution in [0.25, 0.3) is 11.0 Å². The summed E-state index contributed by atoms with van der Waals surface area (Å²) in [5.41, 5.74) is 0.603. The number of halogens is 1. The first kappa shape index (κ1) is 16.0. The first-order chi connectivity index (χ1) is 11.0. The Hall–Kier alpha value is -1.90. The lowest BCUT2D eigenvalue weighted by atomic mass is 10.00. The summed E-state index contributed by atoms with van der Waals surface area (Å²) in [7, 11) is 0. The van der Waals surface area contributed by atoms with Gasteiger partial charge in [0.05, 0.1) is 5.39 Å². The molecule has 8 nitrogen and oxygen atoms in total. The van der Waals surface area contributed by atoms with Gasteiger partial charge in [-0.1, -0.05) is 13.8 Å². The summed E-state index contributed by atoms with van der Waals surface area (Å²) in [5.74, 6) is 1.26. The Kier molecular flexibility index (Phi) is 4.38. The van der Waals surface area contributed by atoms with Crippen LogP contribution in [0.1, 0.15) is 20.3 Å². The van der Waals surface area contributed by atoms with Crippen molar-refractivity contribution in [3.8, 4) is 0 Å². The molecule has 9 heteroatoms. The monoisotopic (exact) mass is 382 g/mol. The molecule has 1 amide bonds. The van der Waals surface area contributed by atoms with Gasteiger partial charge >= 0.3 is 6.09 Å². The molecule has 3 heterocycles. The number of carboxylic acid groups (broad SMARTS) is 1. The second kappa shape index (κ2) is 6.31. The molecule has 1 saturated heterocycles. The summed E-state index contributed by atoms with van der Waals surface area (Å²) in [6.45, 7) is 5.83. The fraction of sp³-hybridized carbons (Fsp3) is 0.571. The first-order valence-corrected chi connectivity index (χ1v) is 8.35. The quantitative estimate of drug-likeness (QED) is 0.844. The van der Waals surface area contributed by atoms with Crippen LogP contribution in [0, 0.1) is 5.92 Å².